The van der Waals surface area contributed by atoms with Gasteiger partial charge in [-0.1, -0.05) is 37.3 Å². The third-order valence-electron chi connectivity index (χ3n) is 5.12. The molecule has 2 aromatic carbocycles. The summed E-state index contributed by atoms with van der Waals surface area (Å²) in [4.78, 5) is 4.99. The van der Waals surface area contributed by atoms with Crippen LogP contribution in [0.25, 0.3) is 0 Å². The van der Waals surface area contributed by atoms with E-state index in [4.69, 9.17) is 0 Å². The molecule has 1 aliphatic heterocycles. The van der Waals surface area contributed by atoms with Gasteiger partial charge in [0.2, 0.25) is 0 Å². The fraction of sp³-hybridized carbons (Fsp3) is 0.364. The van der Waals surface area contributed by atoms with Crippen LogP contribution in [0.2, 0.25) is 0 Å². The molecule has 1 saturated heterocycles. The van der Waals surface area contributed by atoms with E-state index in [0.29, 0.717) is 23.4 Å². The van der Waals surface area contributed by atoms with E-state index in [2.05, 4.69) is 58.4 Å². The first-order chi connectivity index (χ1) is 13.2. The van der Waals surface area contributed by atoms with Crippen molar-refractivity contribution in [3.8, 4) is 12.1 Å². The maximum atomic E-state index is 9.25. The smallest absolute Gasteiger partial charge is 0.101 e. The molecule has 0 bridgehead atoms. The molecule has 1 N–H and O–H groups in total. The number of likely N-dealkylation sites (N-methyl/N-ethyl adjacent to an activating group) is 1. The molecule has 0 aromatic heterocycles. The zero-order chi connectivity index (χ0) is 19.1. The molecule has 0 amide bonds. The van der Waals surface area contributed by atoms with Crippen LogP contribution < -0.4 is 5.32 Å². The van der Waals surface area contributed by atoms with Crippen molar-refractivity contribution in [2.45, 2.75) is 20.0 Å². The number of nitriles is 2. The van der Waals surface area contributed by atoms with Gasteiger partial charge >= 0.3 is 0 Å². The quantitative estimate of drug-likeness (QED) is 0.858. The Morgan fingerprint density at radius 1 is 0.852 bits per heavy atom. The fourth-order valence-electron chi connectivity index (χ4n) is 3.40. The lowest BCUT2D eigenvalue weighted by molar-refractivity contribution is 0.132. The Bertz CT molecular complexity index is 804. The Balaban J connectivity index is 1.58. The van der Waals surface area contributed by atoms with Crippen molar-refractivity contribution in [1.29, 1.82) is 10.5 Å². The van der Waals surface area contributed by atoms with E-state index >= 15 is 0 Å². The van der Waals surface area contributed by atoms with E-state index in [1.165, 1.54) is 5.56 Å². The predicted molar refractivity (Wildman–Crippen MR) is 107 cm³/mol. The van der Waals surface area contributed by atoms with Gasteiger partial charge in [0.25, 0.3) is 0 Å². The summed E-state index contributed by atoms with van der Waals surface area (Å²) in [6, 6.07) is 18.1. The van der Waals surface area contributed by atoms with Crippen LogP contribution in [0.15, 0.2) is 42.5 Å². The number of hydrogen-bond acceptors (Lipinski definition) is 5. The highest BCUT2D eigenvalue weighted by Gasteiger charge is 2.15. The van der Waals surface area contributed by atoms with Crippen LogP contribution in [0.3, 0.4) is 0 Å². The predicted octanol–water partition coefficient (Wildman–Crippen LogP) is 3.18. The molecule has 1 aliphatic rings. The molecule has 5 heteroatoms. The molecule has 0 unspecified atom stereocenters. The lowest BCUT2D eigenvalue weighted by Gasteiger charge is -2.34. The molecule has 1 fully saturated rings. The molecule has 0 aliphatic carbocycles. The molecule has 1 heterocycles. The highest BCUT2D eigenvalue weighted by atomic mass is 15.3. The van der Waals surface area contributed by atoms with Gasteiger partial charge in [-0.3, -0.25) is 4.90 Å². The maximum absolute atomic E-state index is 9.25. The Morgan fingerprint density at radius 3 is 1.96 bits per heavy atom. The van der Waals surface area contributed by atoms with Gasteiger partial charge in [-0.25, -0.2) is 0 Å². The topological polar surface area (TPSA) is 66.1 Å². The van der Waals surface area contributed by atoms with Crippen molar-refractivity contribution in [1.82, 2.24) is 9.80 Å². The van der Waals surface area contributed by atoms with Gasteiger partial charge in [-0.05, 0) is 29.8 Å². The van der Waals surface area contributed by atoms with E-state index in [-0.39, 0.29) is 0 Å². The SMILES string of the molecule is CCN1CCN(Cc2ccc(CNc3c(C#N)cccc3C#N)cc2)CC1. The zero-order valence-corrected chi connectivity index (χ0v) is 15.8. The van der Waals surface area contributed by atoms with Gasteiger partial charge in [0, 0.05) is 39.3 Å². The van der Waals surface area contributed by atoms with Crippen LogP contribution in [0, 0.1) is 22.7 Å². The highest BCUT2D eigenvalue weighted by Crippen LogP contribution is 2.21. The van der Waals surface area contributed by atoms with E-state index in [9.17, 15) is 10.5 Å². The first kappa shape index (κ1) is 18.9. The standard InChI is InChI=1S/C22H25N5/c1-2-26-10-12-27(13-11-26)17-19-8-6-18(7-9-19)16-25-22-20(14-23)4-3-5-21(22)15-24/h3-9,25H,2,10-13,16-17H2,1H3. The number of piperazine rings is 1. The van der Waals surface area contributed by atoms with Crippen molar-refractivity contribution in [2.75, 3.05) is 38.0 Å². The van der Waals surface area contributed by atoms with Crippen molar-refractivity contribution in [3.63, 3.8) is 0 Å². The number of nitrogens with zero attached hydrogens (tertiary/aromatic N) is 4. The maximum Gasteiger partial charge on any atom is 0.101 e. The molecule has 0 radical (unpaired) electrons. The Hall–Kier alpha value is -2.86. The van der Waals surface area contributed by atoms with Gasteiger partial charge in [-0.15, -0.1) is 0 Å². The molecule has 5 nitrogen and oxygen atoms in total. The summed E-state index contributed by atoms with van der Waals surface area (Å²) in [5, 5.41) is 21.8. The van der Waals surface area contributed by atoms with Gasteiger partial charge in [0.05, 0.1) is 16.8 Å². The van der Waals surface area contributed by atoms with Crippen LogP contribution in [-0.2, 0) is 13.1 Å². The Labute approximate surface area is 161 Å². The second-order valence-corrected chi connectivity index (χ2v) is 6.83. The molecular weight excluding hydrogens is 334 g/mol. The van der Waals surface area contributed by atoms with E-state index in [1.54, 1.807) is 18.2 Å². The summed E-state index contributed by atoms with van der Waals surface area (Å²) < 4.78 is 0. The second kappa shape index (κ2) is 9.19. The average molecular weight is 359 g/mol. The van der Waals surface area contributed by atoms with E-state index in [1.807, 2.05) is 0 Å². The molecule has 0 spiro atoms. The van der Waals surface area contributed by atoms with Crippen LogP contribution in [-0.4, -0.2) is 42.5 Å². The number of para-hydroxylation sites is 1. The highest BCUT2D eigenvalue weighted by molar-refractivity contribution is 5.66. The van der Waals surface area contributed by atoms with E-state index in [0.717, 1.165) is 44.8 Å². The summed E-state index contributed by atoms with van der Waals surface area (Å²) >= 11 is 0. The first-order valence-electron chi connectivity index (χ1n) is 9.43. The van der Waals surface area contributed by atoms with Gasteiger partial charge in [-0.2, -0.15) is 10.5 Å². The minimum Gasteiger partial charge on any atom is -0.379 e. The number of hydrogen-bond donors (Lipinski definition) is 1. The molecule has 27 heavy (non-hydrogen) atoms. The molecule has 2 aromatic rings. The molecule has 138 valence electrons. The minimum absolute atomic E-state index is 0.497. The number of benzene rings is 2. The Kier molecular flexibility index (Phi) is 6.44. The van der Waals surface area contributed by atoms with Crippen LogP contribution in [0.5, 0.6) is 0 Å². The van der Waals surface area contributed by atoms with Crippen LogP contribution >= 0.6 is 0 Å². The fourth-order valence-corrected chi connectivity index (χ4v) is 3.40. The van der Waals surface area contributed by atoms with Gasteiger partial charge in [0.1, 0.15) is 12.1 Å². The van der Waals surface area contributed by atoms with Crippen molar-refractivity contribution in [3.05, 3.63) is 64.7 Å². The molecular formula is C22H25N5. The summed E-state index contributed by atoms with van der Waals surface area (Å²) in [7, 11) is 0. The third kappa shape index (κ3) is 4.86. The largest absolute Gasteiger partial charge is 0.379 e. The Morgan fingerprint density at radius 2 is 1.41 bits per heavy atom. The molecule has 3 rings (SSSR count). The van der Waals surface area contributed by atoms with Crippen LogP contribution in [0.1, 0.15) is 29.2 Å². The van der Waals surface area contributed by atoms with Crippen LogP contribution in [0.4, 0.5) is 5.69 Å². The summed E-state index contributed by atoms with van der Waals surface area (Å²) in [6.07, 6.45) is 0. The number of nitrogens with one attached hydrogen (secondary N) is 1. The zero-order valence-electron chi connectivity index (χ0n) is 15.8. The van der Waals surface area contributed by atoms with Crippen molar-refractivity contribution >= 4 is 5.69 Å². The average Bonchev–Trinajstić information content (AvgIpc) is 2.73. The normalized spacial score (nSPS) is 15.1. The summed E-state index contributed by atoms with van der Waals surface area (Å²) in [5.74, 6) is 0. The lowest BCUT2D eigenvalue weighted by atomic mass is 10.1. The second-order valence-electron chi connectivity index (χ2n) is 6.83. The van der Waals surface area contributed by atoms with Crippen molar-refractivity contribution < 1.29 is 0 Å². The van der Waals surface area contributed by atoms with Crippen molar-refractivity contribution in [2.24, 2.45) is 0 Å². The summed E-state index contributed by atoms with van der Waals surface area (Å²) in [6.45, 7) is 9.48. The third-order valence-corrected chi connectivity index (χ3v) is 5.12. The number of rotatable bonds is 6. The molecule has 0 saturated carbocycles. The summed E-state index contributed by atoms with van der Waals surface area (Å²) in [5.41, 5.74) is 4.05. The lowest BCUT2D eigenvalue weighted by Crippen LogP contribution is -2.45. The number of anilines is 1. The van der Waals surface area contributed by atoms with E-state index < -0.39 is 0 Å². The minimum atomic E-state index is 0.497. The van der Waals surface area contributed by atoms with Gasteiger partial charge < -0.3 is 10.2 Å². The molecule has 0 atom stereocenters. The monoisotopic (exact) mass is 359 g/mol. The first-order valence-corrected chi connectivity index (χ1v) is 9.43. The van der Waals surface area contributed by atoms with Gasteiger partial charge in [0.15, 0.2) is 0 Å².